The van der Waals surface area contributed by atoms with E-state index < -0.39 is 0 Å². The van der Waals surface area contributed by atoms with E-state index in [-0.39, 0.29) is 0 Å². The maximum atomic E-state index is 5.76. The van der Waals surface area contributed by atoms with Gasteiger partial charge in [-0.3, -0.25) is 0 Å². The Hall–Kier alpha value is -1.40. The maximum absolute atomic E-state index is 5.76. The summed E-state index contributed by atoms with van der Waals surface area (Å²) in [6.45, 7) is 3.88. The lowest BCUT2D eigenvalue weighted by Crippen LogP contribution is -2.08. The smallest absolute Gasteiger partial charge is 0.164 e. The van der Waals surface area contributed by atoms with Gasteiger partial charge in [-0.1, -0.05) is 13.0 Å². The fraction of sp³-hybridized carbons (Fsp3) is 0.385. The van der Waals surface area contributed by atoms with Crippen molar-refractivity contribution in [2.45, 2.75) is 33.0 Å². The molecule has 2 N–H and O–H groups in total. The number of benzene rings is 1. The van der Waals surface area contributed by atoms with Gasteiger partial charge in [0.1, 0.15) is 18.7 Å². The molecule has 0 aliphatic carbocycles. The summed E-state index contributed by atoms with van der Waals surface area (Å²) < 4.78 is 8.52. The van der Waals surface area contributed by atoms with Crippen molar-refractivity contribution in [2.24, 2.45) is 5.73 Å². The number of nitrogens with two attached hydrogens (primary N) is 1. The highest BCUT2D eigenvalue weighted by Crippen LogP contribution is 2.26. The Morgan fingerprint density at radius 1 is 1.42 bits per heavy atom. The molecule has 2 rings (SSSR count). The summed E-state index contributed by atoms with van der Waals surface area (Å²) in [5, 5.41) is 4.17. The molecule has 0 radical (unpaired) electrons. The van der Waals surface area contributed by atoms with Crippen LogP contribution in [0, 0.1) is 0 Å². The minimum absolute atomic E-state index is 0.403. The van der Waals surface area contributed by atoms with Crippen molar-refractivity contribution in [3.63, 3.8) is 0 Å². The van der Waals surface area contributed by atoms with E-state index in [0.29, 0.717) is 13.2 Å². The molecule has 0 spiro atoms. The molecule has 0 bridgehead atoms. The Morgan fingerprint density at radius 2 is 2.26 bits per heavy atom. The van der Waals surface area contributed by atoms with Crippen LogP contribution in [-0.4, -0.2) is 14.8 Å². The first-order valence-corrected chi connectivity index (χ1v) is 7.02. The van der Waals surface area contributed by atoms with Gasteiger partial charge in [0.2, 0.25) is 0 Å². The first-order valence-electron chi connectivity index (χ1n) is 6.22. The molecule has 0 aliphatic heterocycles. The molecule has 6 heteroatoms. The Kier molecular flexibility index (Phi) is 4.93. The molecule has 5 nitrogen and oxygen atoms in total. The van der Waals surface area contributed by atoms with Gasteiger partial charge < -0.3 is 10.5 Å². The highest BCUT2D eigenvalue weighted by molar-refractivity contribution is 9.10. The molecule has 0 atom stereocenters. The van der Waals surface area contributed by atoms with Gasteiger partial charge in [0, 0.05) is 13.1 Å². The van der Waals surface area contributed by atoms with E-state index in [1.165, 1.54) is 0 Å². The van der Waals surface area contributed by atoms with Crippen LogP contribution >= 0.6 is 15.9 Å². The van der Waals surface area contributed by atoms with Crippen LogP contribution in [0.1, 0.15) is 24.7 Å². The summed E-state index contributed by atoms with van der Waals surface area (Å²) in [6, 6.07) is 5.83. The van der Waals surface area contributed by atoms with E-state index in [4.69, 9.17) is 10.5 Å². The Labute approximate surface area is 120 Å². The van der Waals surface area contributed by atoms with Gasteiger partial charge in [-0.15, -0.1) is 0 Å². The molecule has 102 valence electrons. The number of aromatic nitrogens is 3. The molecule has 1 aromatic carbocycles. The minimum Gasteiger partial charge on any atom is -0.484 e. The van der Waals surface area contributed by atoms with E-state index in [1.54, 1.807) is 6.33 Å². The number of hydrogen-bond donors (Lipinski definition) is 1. The second kappa shape index (κ2) is 6.68. The number of aryl methyl sites for hydroxylation is 1. The quantitative estimate of drug-likeness (QED) is 0.886. The molecule has 0 saturated heterocycles. The second-order valence-electron chi connectivity index (χ2n) is 4.16. The van der Waals surface area contributed by atoms with Gasteiger partial charge in [-0.05, 0) is 40.0 Å². The van der Waals surface area contributed by atoms with Gasteiger partial charge in [0.15, 0.2) is 5.82 Å². The van der Waals surface area contributed by atoms with Crippen molar-refractivity contribution >= 4 is 15.9 Å². The van der Waals surface area contributed by atoms with E-state index >= 15 is 0 Å². The van der Waals surface area contributed by atoms with Crippen LogP contribution in [-0.2, 0) is 19.7 Å². The summed E-state index contributed by atoms with van der Waals surface area (Å²) >= 11 is 3.48. The van der Waals surface area contributed by atoms with Crippen LogP contribution < -0.4 is 10.5 Å². The summed E-state index contributed by atoms with van der Waals surface area (Å²) in [7, 11) is 0. The second-order valence-corrected chi connectivity index (χ2v) is 5.01. The van der Waals surface area contributed by atoms with E-state index in [9.17, 15) is 0 Å². The molecule has 0 aliphatic rings. The van der Waals surface area contributed by atoms with Gasteiger partial charge >= 0.3 is 0 Å². The van der Waals surface area contributed by atoms with Crippen LogP contribution in [0.2, 0.25) is 0 Å². The summed E-state index contributed by atoms with van der Waals surface area (Å²) in [6.07, 6.45) is 2.58. The van der Waals surface area contributed by atoms with E-state index in [2.05, 4.69) is 32.9 Å². The number of halogens is 1. The molecule has 0 saturated carbocycles. The number of ether oxygens (including phenoxy) is 1. The summed E-state index contributed by atoms with van der Waals surface area (Å²) in [4.78, 5) is 4.20. The Bertz CT molecular complexity index is 541. The number of rotatable bonds is 6. The molecule has 0 unspecified atom stereocenters. The van der Waals surface area contributed by atoms with Crippen molar-refractivity contribution in [3.8, 4) is 5.75 Å². The van der Waals surface area contributed by atoms with E-state index in [1.807, 2.05) is 22.9 Å². The average Bonchev–Trinajstić information content (AvgIpc) is 2.85. The average molecular weight is 325 g/mol. The molecule has 2 aromatic rings. The van der Waals surface area contributed by atoms with Gasteiger partial charge in [0.25, 0.3) is 0 Å². The highest BCUT2D eigenvalue weighted by atomic mass is 79.9. The molecular formula is C13H17BrN4O. The number of hydrogen-bond acceptors (Lipinski definition) is 4. The van der Waals surface area contributed by atoms with Crippen LogP contribution in [0.5, 0.6) is 5.75 Å². The monoisotopic (exact) mass is 324 g/mol. The Balaban J connectivity index is 2.04. The van der Waals surface area contributed by atoms with Crippen LogP contribution in [0.15, 0.2) is 29.0 Å². The maximum Gasteiger partial charge on any atom is 0.164 e. The first-order chi connectivity index (χ1) is 9.24. The highest BCUT2D eigenvalue weighted by Gasteiger charge is 2.07. The molecule has 0 amide bonds. The normalized spacial score (nSPS) is 10.7. The lowest BCUT2D eigenvalue weighted by atomic mass is 10.2. The van der Waals surface area contributed by atoms with Crippen molar-refractivity contribution in [1.82, 2.24) is 14.8 Å². The lowest BCUT2D eigenvalue weighted by Gasteiger charge is -2.09. The predicted octanol–water partition coefficient (Wildman–Crippen LogP) is 2.49. The topological polar surface area (TPSA) is 66.0 Å². The first kappa shape index (κ1) is 14.0. The third-order valence-electron chi connectivity index (χ3n) is 2.72. The van der Waals surface area contributed by atoms with Gasteiger partial charge in [-0.2, -0.15) is 5.10 Å². The molecule has 19 heavy (non-hydrogen) atoms. The van der Waals surface area contributed by atoms with Crippen LogP contribution in [0.3, 0.4) is 0 Å². The van der Waals surface area contributed by atoms with E-state index in [0.717, 1.165) is 34.6 Å². The van der Waals surface area contributed by atoms with Gasteiger partial charge in [0.05, 0.1) is 4.47 Å². The molecule has 1 heterocycles. The SMILES string of the molecule is CCCn1ncnc1COc1ccc(CN)cc1Br. The predicted molar refractivity (Wildman–Crippen MR) is 76.7 cm³/mol. The Morgan fingerprint density at radius 3 is 2.95 bits per heavy atom. The van der Waals surface area contributed by atoms with Gasteiger partial charge in [-0.25, -0.2) is 9.67 Å². The third kappa shape index (κ3) is 3.54. The van der Waals surface area contributed by atoms with Crippen molar-refractivity contribution in [3.05, 3.63) is 40.4 Å². The summed E-state index contributed by atoms with van der Waals surface area (Å²) in [5.41, 5.74) is 6.65. The zero-order valence-electron chi connectivity index (χ0n) is 10.8. The number of nitrogens with zero attached hydrogens (tertiary/aromatic N) is 3. The third-order valence-corrected chi connectivity index (χ3v) is 3.34. The molecular weight excluding hydrogens is 308 g/mol. The van der Waals surface area contributed by atoms with Crippen molar-refractivity contribution < 1.29 is 4.74 Å². The molecule has 1 aromatic heterocycles. The fourth-order valence-electron chi connectivity index (χ4n) is 1.73. The fourth-order valence-corrected chi connectivity index (χ4v) is 2.27. The largest absolute Gasteiger partial charge is 0.484 e. The van der Waals surface area contributed by atoms with Crippen LogP contribution in [0.4, 0.5) is 0 Å². The zero-order valence-corrected chi connectivity index (χ0v) is 12.4. The lowest BCUT2D eigenvalue weighted by molar-refractivity contribution is 0.284. The van der Waals surface area contributed by atoms with Crippen molar-refractivity contribution in [1.29, 1.82) is 0 Å². The minimum atomic E-state index is 0.403. The zero-order chi connectivity index (χ0) is 13.7. The standard InChI is InChI=1S/C13H17BrN4O/c1-2-5-18-13(16-9-17-18)8-19-12-4-3-10(7-15)6-11(12)14/h3-4,6,9H,2,5,7-8,15H2,1H3. The summed E-state index contributed by atoms with van der Waals surface area (Å²) in [5.74, 6) is 1.61. The van der Waals surface area contributed by atoms with Crippen molar-refractivity contribution in [2.75, 3.05) is 0 Å². The molecule has 0 fully saturated rings. The van der Waals surface area contributed by atoms with Crippen LogP contribution in [0.25, 0.3) is 0 Å².